The van der Waals surface area contributed by atoms with Gasteiger partial charge in [0.25, 0.3) is 5.56 Å². The van der Waals surface area contributed by atoms with Crippen molar-refractivity contribution in [3.63, 3.8) is 0 Å². The van der Waals surface area contributed by atoms with Crippen LogP contribution in [-0.4, -0.2) is 39.2 Å². The van der Waals surface area contributed by atoms with Crippen LogP contribution in [0.2, 0.25) is 0 Å². The number of aryl methyl sites for hydroxylation is 1. The van der Waals surface area contributed by atoms with Gasteiger partial charge in [-0.2, -0.15) is 0 Å². The first-order valence-corrected chi connectivity index (χ1v) is 13.0. The van der Waals surface area contributed by atoms with Gasteiger partial charge in [-0.1, -0.05) is 36.9 Å². The van der Waals surface area contributed by atoms with Crippen molar-refractivity contribution in [3.8, 4) is 5.69 Å². The maximum Gasteiger partial charge on any atom is 0.267 e. The molecule has 1 fully saturated rings. The number of thiophene rings is 1. The van der Waals surface area contributed by atoms with Gasteiger partial charge in [0.1, 0.15) is 4.83 Å². The van der Waals surface area contributed by atoms with Crippen molar-refractivity contribution < 1.29 is 4.79 Å². The van der Waals surface area contributed by atoms with Crippen LogP contribution in [0.5, 0.6) is 0 Å². The molecule has 1 aromatic carbocycles. The molecule has 0 radical (unpaired) electrons. The van der Waals surface area contributed by atoms with Crippen LogP contribution in [0.25, 0.3) is 15.9 Å². The highest BCUT2D eigenvalue weighted by Gasteiger charge is 2.26. The summed E-state index contributed by atoms with van der Waals surface area (Å²) in [5, 5.41) is 1.39. The van der Waals surface area contributed by atoms with E-state index in [-0.39, 0.29) is 11.5 Å². The van der Waals surface area contributed by atoms with Crippen molar-refractivity contribution in [1.29, 1.82) is 0 Å². The van der Waals surface area contributed by atoms with E-state index < -0.39 is 0 Å². The Morgan fingerprint density at radius 1 is 1.19 bits per heavy atom. The smallest absolute Gasteiger partial charge is 0.267 e. The van der Waals surface area contributed by atoms with Crippen LogP contribution in [0, 0.1) is 5.92 Å². The minimum absolute atomic E-state index is 0.00354. The van der Waals surface area contributed by atoms with Gasteiger partial charge in [0, 0.05) is 18.0 Å². The Morgan fingerprint density at radius 2 is 1.97 bits per heavy atom. The molecule has 0 N–H and O–H groups in total. The molecule has 5 nitrogen and oxygen atoms in total. The maximum absolute atomic E-state index is 13.7. The van der Waals surface area contributed by atoms with Gasteiger partial charge in [0.15, 0.2) is 5.16 Å². The summed E-state index contributed by atoms with van der Waals surface area (Å²) >= 11 is 3.05. The summed E-state index contributed by atoms with van der Waals surface area (Å²) in [5.41, 5.74) is 2.00. The Kier molecular flexibility index (Phi) is 5.89. The molecule has 1 atom stereocenters. The number of para-hydroxylation sites is 1. The second kappa shape index (κ2) is 8.79. The average Bonchev–Trinajstić information content (AvgIpc) is 3.16. The Labute approximate surface area is 190 Å². The molecular formula is C24H27N3O2S2. The maximum atomic E-state index is 13.7. The van der Waals surface area contributed by atoms with Crippen LogP contribution in [0.3, 0.4) is 0 Å². The molecule has 0 spiro atoms. The lowest BCUT2D eigenvalue weighted by atomic mass is 9.89. The van der Waals surface area contributed by atoms with Gasteiger partial charge in [-0.05, 0) is 62.1 Å². The number of piperidine rings is 1. The number of aromatic nitrogens is 2. The number of carbonyl (C=O) groups excluding carboxylic acids is 1. The zero-order chi connectivity index (χ0) is 21.4. The molecule has 2 aliphatic rings. The number of amides is 1. The van der Waals surface area contributed by atoms with E-state index in [1.807, 2.05) is 35.2 Å². The highest BCUT2D eigenvalue weighted by molar-refractivity contribution is 7.99. The van der Waals surface area contributed by atoms with E-state index in [2.05, 4.69) is 6.92 Å². The third kappa shape index (κ3) is 4.05. The van der Waals surface area contributed by atoms with Crippen molar-refractivity contribution in [2.24, 2.45) is 5.92 Å². The fourth-order valence-corrected chi connectivity index (χ4v) is 6.97. The molecule has 0 unspecified atom stereocenters. The van der Waals surface area contributed by atoms with Gasteiger partial charge < -0.3 is 4.90 Å². The molecule has 2 aromatic heterocycles. The van der Waals surface area contributed by atoms with Crippen molar-refractivity contribution in [2.45, 2.75) is 50.6 Å². The highest BCUT2D eigenvalue weighted by atomic mass is 32.2. The van der Waals surface area contributed by atoms with Crippen LogP contribution < -0.4 is 5.56 Å². The minimum atomic E-state index is -0.00354. The van der Waals surface area contributed by atoms with Gasteiger partial charge in [-0.3, -0.25) is 14.2 Å². The van der Waals surface area contributed by atoms with E-state index in [1.165, 1.54) is 28.6 Å². The predicted octanol–water partition coefficient (Wildman–Crippen LogP) is 4.68. The van der Waals surface area contributed by atoms with E-state index in [9.17, 15) is 9.59 Å². The normalized spacial score (nSPS) is 18.9. The Morgan fingerprint density at radius 3 is 2.74 bits per heavy atom. The molecule has 1 amide bonds. The Balaban J connectivity index is 1.56. The zero-order valence-corrected chi connectivity index (χ0v) is 19.4. The van der Waals surface area contributed by atoms with Crippen LogP contribution in [0.4, 0.5) is 0 Å². The van der Waals surface area contributed by atoms with Crippen LogP contribution >= 0.6 is 23.1 Å². The number of nitrogens with zero attached hydrogens (tertiary/aromatic N) is 3. The van der Waals surface area contributed by atoms with E-state index in [1.54, 1.807) is 15.9 Å². The number of benzene rings is 1. The lowest BCUT2D eigenvalue weighted by molar-refractivity contribution is -0.129. The molecule has 162 valence electrons. The van der Waals surface area contributed by atoms with E-state index >= 15 is 0 Å². The molecule has 1 saturated heterocycles. The number of thioether (sulfide) groups is 1. The molecule has 3 aromatic rings. The summed E-state index contributed by atoms with van der Waals surface area (Å²) in [5.74, 6) is 1.10. The summed E-state index contributed by atoms with van der Waals surface area (Å²) in [7, 11) is 0. The quantitative estimate of drug-likeness (QED) is 0.425. The van der Waals surface area contributed by atoms with Crippen molar-refractivity contribution >= 4 is 39.2 Å². The summed E-state index contributed by atoms with van der Waals surface area (Å²) in [4.78, 5) is 35.5. The first-order chi connectivity index (χ1) is 15.1. The molecule has 1 aliphatic heterocycles. The number of rotatable bonds is 4. The highest BCUT2D eigenvalue weighted by Crippen LogP contribution is 2.37. The number of likely N-dealkylation sites (tertiary alicyclic amines) is 1. The number of hydrogen-bond donors (Lipinski definition) is 0. The topological polar surface area (TPSA) is 55.2 Å². The van der Waals surface area contributed by atoms with Gasteiger partial charge in [-0.25, -0.2) is 4.98 Å². The molecule has 0 saturated carbocycles. The molecule has 1 aliphatic carbocycles. The van der Waals surface area contributed by atoms with E-state index in [0.717, 1.165) is 61.1 Å². The van der Waals surface area contributed by atoms with Gasteiger partial charge in [-0.15, -0.1) is 11.3 Å². The number of hydrogen-bond acceptors (Lipinski definition) is 5. The zero-order valence-electron chi connectivity index (χ0n) is 17.8. The first kappa shape index (κ1) is 20.8. The van der Waals surface area contributed by atoms with Crippen LogP contribution in [-0.2, 0) is 17.6 Å². The third-order valence-electron chi connectivity index (χ3n) is 6.35. The predicted molar refractivity (Wildman–Crippen MR) is 128 cm³/mol. The lowest BCUT2D eigenvalue weighted by Gasteiger charge is -2.26. The molecule has 5 rings (SSSR count). The number of carbonyl (C=O) groups is 1. The second-order valence-electron chi connectivity index (χ2n) is 8.63. The average molecular weight is 454 g/mol. The largest absolute Gasteiger partial charge is 0.342 e. The third-order valence-corrected chi connectivity index (χ3v) is 8.42. The summed E-state index contributed by atoms with van der Waals surface area (Å²) in [6.45, 7) is 3.96. The molecule has 7 heteroatoms. The molecule has 31 heavy (non-hydrogen) atoms. The Hall–Kier alpha value is -2.12. The SMILES string of the molecule is C[C@@H]1CCc2c(sc3nc(SCC(=O)N4CCCCC4)n(-c4ccccc4)c(=O)c23)C1. The van der Waals surface area contributed by atoms with Gasteiger partial charge in [0.05, 0.1) is 16.8 Å². The van der Waals surface area contributed by atoms with Crippen LogP contribution in [0.1, 0.15) is 43.0 Å². The fourth-order valence-electron chi connectivity index (χ4n) is 4.63. The van der Waals surface area contributed by atoms with Crippen molar-refractivity contribution in [3.05, 3.63) is 51.1 Å². The molecule has 3 heterocycles. The lowest BCUT2D eigenvalue weighted by Crippen LogP contribution is -2.36. The van der Waals surface area contributed by atoms with Gasteiger partial charge in [0.2, 0.25) is 5.91 Å². The van der Waals surface area contributed by atoms with Crippen molar-refractivity contribution in [1.82, 2.24) is 14.5 Å². The minimum Gasteiger partial charge on any atom is -0.342 e. The number of fused-ring (bicyclic) bond motifs is 3. The summed E-state index contributed by atoms with van der Waals surface area (Å²) < 4.78 is 1.71. The molecular weight excluding hydrogens is 426 g/mol. The van der Waals surface area contributed by atoms with Crippen LogP contribution in [0.15, 0.2) is 40.3 Å². The monoisotopic (exact) mass is 453 g/mol. The van der Waals surface area contributed by atoms with Gasteiger partial charge >= 0.3 is 0 Å². The standard InChI is InChI=1S/C24H27N3O2S2/c1-16-10-11-18-19(14-16)31-22-21(18)23(29)27(17-8-4-2-5-9-17)24(25-22)30-15-20(28)26-12-6-3-7-13-26/h2,4-5,8-9,16H,3,6-7,10-15H2,1H3/t16-/m1/s1. The van der Waals surface area contributed by atoms with Crippen molar-refractivity contribution in [2.75, 3.05) is 18.8 Å². The molecule has 0 bridgehead atoms. The summed E-state index contributed by atoms with van der Waals surface area (Å²) in [6.07, 6.45) is 6.44. The summed E-state index contributed by atoms with van der Waals surface area (Å²) in [6, 6.07) is 9.69. The first-order valence-electron chi connectivity index (χ1n) is 11.1. The second-order valence-corrected chi connectivity index (χ2v) is 10.7. The Bertz CT molecular complexity index is 1160. The van der Waals surface area contributed by atoms with E-state index in [4.69, 9.17) is 4.98 Å². The fraction of sp³-hybridized carbons (Fsp3) is 0.458. The van der Waals surface area contributed by atoms with E-state index in [0.29, 0.717) is 16.8 Å².